The van der Waals surface area contributed by atoms with Gasteiger partial charge in [0.2, 0.25) is 5.91 Å². The fourth-order valence-corrected chi connectivity index (χ4v) is 2.32. The smallest absolute Gasteiger partial charge is 0.267 e. The topological polar surface area (TPSA) is 77.1 Å². The fourth-order valence-electron chi connectivity index (χ4n) is 2.32. The van der Waals surface area contributed by atoms with Crippen molar-refractivity contribution in [2.75, 3.05) is 0 Å². The highest BCUT2D eigenvalue weighted by Gasteiger charge is 2.18. The number of hydrogen-bond donors (Lipinski definition) is 1. The molecule has 2 aromatic heterocycles. The van der Waals surface area contributed by atoms with Crippen LogP contribution in [0.4, 0.5) is 4.39 Å². The maximum Gasteiger partial charge on any atom is 0.267 e. The second-order valence-electron chi connectivity index (χ2n) is 5.48. The molecule has 6 nitrogen and oxygen atoms in total. The van der Waals surface area contributed by atoms with Crippen LogP contribution < -0.4 is 10.9 Å². The SMILES string of the molecule is C[C@@H](C(=O)NCc1ccco1)n1nc(-c2ccc(F)cc2)ccc1=O. The second-order valence-corrected chi connectivity index (χ2v) is 5.48. The Hall–Kier alpha value is -3.22. The van der Waals surface area contributed by atoms with Crippen LogP contribution >= 0.6 is 0 Å². The molecule has 0 saturated heterocycles. The quantitative estimate of drug-likeness (QED) is 0.773. The Kier molecular flexibility index (Phi) is 4.74. The standard InChI is InChI=1S/C18H16FN3O3/c1-12(18(24)20-11-15-3-2-10-25-15)22-17(23)9-8-16(21-22)13-4-6-14(19)7-5-13/h2-10,12H,11H2,1H3,(H,20,24)/t12-/m0/s1. The first-order valence-electron chi connectivity index (χ1n) is 7.70. The molecule has 3 rings (SSSR count). The Morgan fingerprint density at radius 2 is 2.00 bits per heavy atom. The van der Waals surface area contributed by atoms with E-state index < -0.39 is 11.6 Å². The van der Waals surface area contributed by atoms with Crippen LogP contribution in [0.15, 0.2) is 64.0 Å². The molecule has 3 aromatic rings. The summed E-state index contributed by atoms with van der Waals surface area (Å²) in [6, 6.07) is 11.3. The summed E-state index contributed by atoms with van der Waals surface area (Å²) in [5.74, 6) is -0.106. The molecule has 1 aromatic carbocycles. The molecular formula is C18H16FN3O3. The van der Waals surface area contributed by atoms with Gasteiger partial charge >= 0.3 is 0 Å². The molecular weight excluding hydrogens is 325 g/mol. The van der Waals surface area contributed by atoms with Gasteiger partial charge < -0.3 is 9.73 Å². The molecule has 7 heteroatoms. The molecule has 0 spiro atoms. The highest BCUT2D eigenvalue weighted by molar-refractivity contribution is 5.79. The number of rotatable bonds is 5. The normalized spacial score (nSPS) is 11.9. The van der Waals surface area contributed by atoms with Gasteiger partial charge in [0.15, 0.2) is 0 Å². The van der Waals surface area contributed by atoms with Gasteiger partial charge in [-0.05, 0) is 49.4 Å². The summed E-state index contributed by atoms with van der Waals surface area (Å²) < 4.78 is 19.3. The van der Waals surface area contributed by atoms with E-state index in [0.29, 0.717) is 17.0 Å². The number of nitrogens with one attached hydrogen (secondary N) is 1. The summed E-state index contributed by atoms with van der Waals surface area (Å²) in [5.41, 5.74) is 0.732. The van der Waals surface area contributed by atoms with Gasteiger partial charge in [-0.3, -0.25) is 9.59 Å². The second kappa shape index (κ2) is 7.12. The monoisotopic (exact) mass is 341 g/mol. The molecule has 0 fully saturated rings. The summed E-state index contributed by atoms with van der Waals surface area (Å²) in [6.07, 6.45) is 1.52. The lowest BCUT2D eigenvalue weighted by molar-refractivity contribution is -0.124. The number of carbonyl (C=O) groups is 1. The minimum absolute atomic E-state index is 0.225. The first kappa shape index (κ1) is 16.6. The summed E-state index contributed by atoms with van der Waals surface area (Å²) in [7, 11) is 0. The minimum Gasteiger partial charge on any atom is -0.467 e. The molecule has 128 valence electrons. The predicted molar refractivity (Wildman–Crippen MR) is 89.2 cm³/mol. The number of hydrogen-bond acceptors (Lipinski definition) is 4. The third kappa shape index (κ3) is 3.82. The molecule has 1 amide bonds. The molecule has 0 radical (unpaired) electrons. The van der Waals surface area contributed by atoms with Crippen molar-refractivity contribution in [3.63, 3.8) is 0 Å². The number of nitrogens with zero attached hydrogens (tertiary/aromatic N) is 2. The van der Waals surface area contributed by atoms with Crippen LogP contribution in [0.1, 0.15) is 18.7 Å². The van der Waals surface area contributed by atoms with E-state index in [1.165, 1.54) is 24.5 Å². The van der Waals surface area contributed by atoms with Crippen LogP contribution in [-0.4, -0.2) is 15.7 Å². The lowest BCUT2D eigenvalue weighted by atomic mass is 10.1. The van der Waals surface area contributed by atoms with E-state index in [1.54, 1.807) is 37.3 Å². The zero-order chi connectivity index (χ0) is 17.8. The molecule has 0 saturated carbocycles. The average Bonchev–Trinajstić information content (AvgIpc) is 3.14. The number of benzene rings is 1. The van der Waals surface area contributed by atoms with Crippen LogP contribution in [0, 0.1) is 5.82 Å². The van der Waals surface area contributed by atoms with E-state index in [2.05, 4.69) is 10.4 Å². The van der Waals surface area contributed by atoms with E-state index in [9.17, 15) is 14.0 Å². The molecule has 0 aliphatic carbocycles. The summed E-state index contributed by atoms with van der Waals surface area (Å²) >= 11 is 0. The Morgan fingerprint density at radius 1 is 1.24 bits per heavy atom. The highest BCUT2D eigenvalue weighted by Crippen LogP contribution is 2.16. The Balaban J connectivity index is 1.80. The Bertz CT molecular complexity index is 917. The maximum absolute atomic E-state index is 13.0. The molecule has 25 heavy (non-hydrogen) atoms. The van der Waals surface area contributed by atoms with Gasteiger partial charge in [-0.1, -0.05) is 0 Å². The van der Waals surface area contributed by atoms with Crippen LogP contribution in [0.3, 0.4) is 0 Å². The molecule has 1 N–H and O–H groups in total. The minimum atomic E-state index is -0.803. The van der Waals surface area contributed by atoms with Crippen molar-refractivity contribution >= 4 is 5.91 Å². The van der Waals surface area contributed by atoms with Crippen molar-refractivity contribution in [1.29, 1.82) is 0 Å². The lowest BCUT2D eigenvalue weighted by Crippen LogP contribution is -2.36. The fraction of sp³-hybridized carbons (Fsp3) is 0.167. The summed E-state index contributed by atoms with van der Waals surface area (Å²) in [5, 5.41) is 6.93. The number of halogens is 1. The van der Waals surface area contributed by atoms with Crippen LogP contribution in [0.5, 0.6) is 0 Å². The van der Waals surface area contributed by atoms with Crippen molar-refractivity contribution in [2.24, 2.45) is 0 Å². The zero-order valence-electron chi connectivity index (χ0n) is 13.5. The number of aromatic nitrogens is 2. The van der Waals surface area contributed by atoms with Crippen molar-refractivity contribution in [1.82, 2.24) is 15.1 Å². The van der Waals surface area contributed by atoms with Gasteiger partial charge in [-0.15, -0.1) is 0 Å². The van der Waals surface area contributed by atoms with Gasteiger partial charge in [0.05, 0.1) is 18.5 Å². The molecule has 0 bridgehead atoms. The van der Waals surface area contributed by atoms with Gasteiger partial charge in [-0.2, -0.15) is 5.10 Å². The Morgan fingerprint density at radius 3 is 2.68 bits per heavy atom. The van der Waals surface area contributed by atoms with Gasteiger partial charge in [-0.25, -0.2) is 9.07 Å². The first-order chi connectivity index (χ1) is 12.0. The molecule has 0 aliphatic heterocycles. The van der Waals surface area contributed by atoms with Gasteiger partial charge in [0.25, 0.3) is 5.56 Å². The maximum atomic E-state index is 13.0. The number of amides is 1. The zero-order valence-corrected chi connectivity index (χ0v) is 13.5. The number of furan rings is 1. The third-order valence-corrected chi connectivity index (χ3v) is 3.73. The van der Waals surface area contributed by atoms with Crippen molar-refractivity contribution in [3.05, 3.63) is 76.7 Å². The van der Waals surface area contributed by atoms with E-state index in [1.807, 2.05) is 0 Å². The molecule has 0 aliphatic rings. The van der Waals surface area contributed by atoms with Gasteiger partial charge in [0, 0.05) is 11.6 Å². The first-order valence-corrected chi connectivity index (χ1v) is 7.70. The van der Waals surface area contributed by atoms with E-state index in [-0.39, 0.29) is 18.3 Å². The molecule has 0 unspecified atom stereocenters. The average molecular weight is 341 g/mol. The van der Waals surface area contributed by atoms with E-state index in [0.717, 1.165) is 4.68 Å². The third-order valence-electron chi connectivity index (χ3n) is 3.73. The van der Waals surface area contributed by atoms with Crippen molar-refractivity contribution < 1.29 is 13.6 Å². The van der Waals surface area contributed by atoms with Crippen molar-refractivity contribution in [2.45, 2.75) is 19.5 Å². The Labute approximate surface area is 142 Å². The largest absolute Gasteiger partial charge is 0.467 e. The number of carbonyl (C=O) groups excluding carboxylic acids is 1. The van der Waals surface area contributed by atoms with Crippen LogP contribution in [0.2, 0.25) is 0 Å². The lowest BCUT2D eigenvalue weighted by Gasteiger charge is -2.14. The highest BCUT2D eigenvalue weighted by atomic mass is 19.1. The summed E-state index contributed by atoms with van der Waals surface area (Å²) in [6.45, 7) is 1.81. The van der Waals surface area contributed by atoms with Crippen LogP contribution in [-0.2, 0) is 11.3 Å². The summed E-state index contributed by atoms with van der Waals surface area (Å²) in [4.78, 5) is 24.4. The van der Waals surface area contributed by atoms with Crippen molar-refractivity contribution in [3.8, 4) is 11.3 Å². The predicted octanol–water partition coefficient (Wildman–Crippen LogP) is 2.52. The molecule has 2 heterocycles. The van der Waals surface area contributed by atoms with E-state index in [4.69, 9.17) is 4.42 Å². The molecule has 1 atom stereocenters. The van der Waals surface area contributed by atoms with E-state index >= 15 is 0 Å². The van der Waals surface area contributed by atoms with Gasteiger partial charge in [0.1, 0.15) is 17.6 Å². The van der Waals surface area contributed by atoms with Crippen LogP contribution in [0.25, 0.3) is 11.3 Å².